The van der Waals surface area contributed by atoms with E-state index < -0.39 is 11.3 Å². The van der Waals surface area contributed by atoms with Crippen LogP contribution in [0.2, 0.25) is 0 Å². The number of rotatable bonds is 6. The van der Waals surface area contributed by atoms with Crippen molar-refractivity contribution < 1.29 is 14.7 Å². The van der Waals surface area contributed by atoms with Crippen LogP contribution in [0.3, 0.4) is 0 Å². The van der Waals surface area contributed by atoms with E-state index >= 15 is 0 Å². The Hall–Kier alpha value is -3.62. The number of benzene rings is 1. The predicted octanol–water partition coefficient (Wildman–Crippen LogP) is 0.0455. The first kappa shape index (κ1) is 17.2. The van der Waals surface area contributed by atoms with Crippen LogP contribution in [-0.4, -0.2) is 45.0 Å². The fourth-order valence-corrected chi connectivity index (χ4v) is 2.46. The molecule has 0 saturated heterocycles. The third kappa shape index (κ3) is 3.89. The number of carbonyl (C=O) groups excluding carboxylic acids is 2. The molecule has 0 unspecified atom stereocenters. The van der Waals surface area contributed by atoms with Gasteiger partial charge in [-0.15, -0.1) is 0 Å². The number of aromatic amines is 2. The molecule has 0 bridgehead atoms. The van der Waals surface area contributed by atoms with Crippen LogP contribution in [-0.2, 0) is 11.2 Å². The normalized spacial score (nSPS) is 10.6. The first-order chi connectivity index (χ1) is 12.5. The van der Waals surface area contributed by atoms with Crippen molar-refractivity contribution in [1.82, 2.24) is 25.6 Å². The Morgan fingerprint density at radius 2 is 2.08 bits per heavy atom. The SMILES string of the molecule is O=C(CNC(=O)c1cc(=O)c2cccc(O)c2[nH]1)NCCc1cnc[nH]1. The van der Waals surface area contributed by atoms with Gasteiger partial charge in [0, 0.05) is 36.3 Å². The molecule has 2 heterocycles. The molecule has 0 spiro atoms. The summed E-state index contributed by atoms with van der Waals surface area (Å²) in [6.45, 7) is 0.167. The molecule has 0 radical (unpaired) electrons. The molecule has 1 aromatic carbocycles. The van der Waals surface area contributed by atoms with E-state index in [0.29, 0.717) is 13.0 Å². The predicted molar refractivity (Wildman–Crippen MR) is 93.9 cm³/mol. The van der Waals surface area contributed by atoms with Gasteiger partial charge >= 0.3 is 0 Å². The molecule has 0 atom stereocenters. The van der Waals surface area contributed by atoms with E-state index in [9.17, 15) is 19.5 Å². The smallest absolute Gasteiger partial charge is 0.268 e. The average molecular weight is 355 g/mol. The number of carbonyl (C=O) groups is 2. The molecule has 2 amide bonds. The molecule has 2 aromatic heterocycles. The summed E-state index contributed by atoms with van der Waals surface area (Å²) in [6, 6.07) is 5.63. The maximum absolute atomic E-state index is 12.2. The number of hydrogen-bond acceptors (Lipinski definition) is 5. The number of aromatic hydroxyl groups is 1. The number of imidazole rings is 1. The number of phenolic OH excluding ortho intramolecular Hbond substituents is 1. The Morgan fingerprint density at radius 1 is 1.23 bits per heavy atom. The van der Waals surface area contributed by atoms with Crippen molar-refractivity contribution >= 4 is 22.7 Å². The van der Waals surface area contributed by atoms with E-state index in [0.717, 1.165) is 11.8 Å². The van der Waals surface area contributed by atoms with Gasteiger partial charge in [-0.05, 0) is 12.1 Å². The van der Waals surface area contributed by atoms with Crippen LogP contribution in [0.4, 0.5) is 0 Å². The molecular weight excluding hydrogens is 338 g/mol. The fourth-order valence-electron chi connectivity index (χ4n) is 2.46. The van der Waals surface area contributed by atoms with Crippen LogP contribution >= 0.6 is 0 Å². The standard InChI is InChI=1S/C17H17N5O4/c23-13-3-1-2-11-14(24)6-12(22-16(11)13)17(26)20-8-15(25)19-5-4-10-7-18-9-21-10/h1-3,6-7,9,23H,4-5,8H2,(H,18,21)(H,19,25)(H,20,26)(H,22,24). The maximum atomic E-state index is 12.2. The summed E-state index contributed by atoms with van der Waals surface area (Å²) < 4.78 is 0. The highest BCUT2D eigenvalue weighted by Gasteiger charge is 2.12. The second-order valence-electron chi connectivity index (χ2n) is 5.61. The van der Waals surface area contributed by atoms with E-state index in [1.165, 1.54) is 6.07 Å². The van der Waals surface area contributed by atoms with Crippen LogP contribution in [0, 0.1) is 0 Å². The van der Waals surface area contributed by atoms with Crippen molar-refractivity contribution in [3.8, 4) is 5.75 Å². The van der Waals surface area contributed by atoms with Gasteiger partial charge in [-0.3, -0.25) is 14.4 Å². The minimum Gasteiger partial charge on any atom is -0.506 e. The summed E-state index contributed by atoms with van der Waals surface area (Å²) >= 11 is 0. The van der Waals surface area contributed by atoms with Gasteiger partial charge < -0.3 is 25.7 Å². The monoisotopic (exact) mass is 355 g/mol. The number of pyridine rings is 1. The van der Waals surface area contributed by atoms with Crippen LogP contribution < -0.4 is 16.1 Å². The van der Waals surface area contributed by atoms with Crippen LogP contribution in [0.25, 0.3) is 10.9 Å². The zero-order valence-corrected chi connectivity index (χ0v) is 13.7. The van der Waals surface area contributed by atoms with E-state index in [1.807, 2.05) is 0 Å². The number of H-pyrrole nitrogens is 2. The molecule has 9 heteroatoms. The van der Waals surface area contributed by atoms with Gasteiger partial charge in [-0.25, -0.2) is 4.98 Å². The van der Waals surface area contributed by atoms with Crippen molar-refractivity contribution in [3.63, 3.8) is 0 Å². The molecule has 26 heavy (non-hydrogen) atoms. The number of nitrogens with one attached hydrogen (secondary N) is 4. The Labute approximate surface area is 147 Å². The third-order valence-corrected chi connectivity index (χ3v) is 3.77. The van der Waals surface area contributed by atoms with Crippen LogP contribution in [0.15, 0.2) is 41.6 Å². The van der Waals surface area contributed by atoms with Gasteiger partial charge in [0.25, 0.3) is 5.91 Å². The molecule has 0 aliphatic carbocycles. The number of phenols is 1. The first-order valence-corrected chi connectivity index (χ1v) is 7.92. The summed E-state index contributed by atoms with van der Waals surface area (Å²) in [6.07, 6.45) is 3.82. The molecule has 134 valence electrons. The zero-order chi connectivity index (χ0) is 18.5. The maximum Gasteiger partial charge on any atom is 0.268 e. The summed E-state index contributed by atoms with van der Waals surface area (Å²) in [5.41, 5.74) is 0.634. The highest BCUT2D eigenvalue weighted by atomic mass is 16.3. The van der Waals surface area contributed by atoms with Crippen LogP contribution in [0.1, 0.15) is 16.2 Å². The van der Waals surface area contributed by atoms with Crippen molar-refractivity contribution in [1.29, 1.82) is 0 Å². The largest absolute Gasteiger partial charge is 0.506 e. The number of amides is 2. The second kappa shape index (κ2) is 7.51. The average Bonchev–Trinajstić information content (AvgIpc) is 3.14. The molecule has 3 rings (SSSR count). The molecule has 0 fully saturated rings. The van der Waals surface area contributed by atoms with Gasteiger partial charge in [-0.1, -0.05) is 6.07 Å². The lowest BCUT2D eigenvalue weighted by molar-refractivity contribution is -0.120. The highest BCUT2D eigenvalue weighted by molar-refractivity contribution is 5.97. The number of hydrogen-bond donors (Lipinski definition) is 5. The summed E-state index contributed by atoms with van der Waals surface area (Å²) in [4.78, 5) is 45.5. The Kier molecular flexibility index (Phi) is 4.97. The lowest BCUT2D eigenvalue weighted by Gasteiger charge is -2.08. The van der Waals surface area contributed by atoms with E-state index in [-0.39, 0.29) is 34.8 Å². The number of nitrogens with zero attached hydrogens (tertiary/aromatic N) is 1. The molecule has 9 nitrogen and oxygen atoms in total. The number of fused-ring (bicyclic) bond motifs is 1. The summed E-state index contributed by atoms with van der Waals surface area (Å²) in [5.74, 6) is -1.11. The molecule has 0 aliphatic heterocycles. The van der Waals surface area contributed by atoms with E-state index in [1.54, 1.807) is 24.7 Å². The van der Waals surface area contributed by atoms with Gasteiger partial charge in [-0.2, -0.15) is 0 Å². The molecule has 5 N–H and O–H groups in total. The number of aromatic nitrogens is 3. The van der Waals surface area contributed by atoms with Gasteiger partial charge in [0.2, 0.25) is 5.91 Å². The molecule has 3 aromatic rings. The highest BCUT2D eigenvalue weighted by Crippen LogP contribution is 2.19. The second-order valence-corrected chi connectivity index (χ2v) is 5.61. The molecular formula is C17H17N5O4. The third-order valence-electron chi connectivity index (χ3n) is 3.77. The van der Waals surface area contributed by atoms with E-state index in [2.05, 4.69) is 25.6 Å². The van der Waals surface area contributed by atoms with E-state index in [4.69, 9.17) is 0 Å². The van der Waals surface area contributed by atoms with Crippen molar-refractivity contribution in [3.05, 3.63) is 58.4 Å². The van der Waals surface area contributed by atoms with Crippen molar-refractivity contribution in [2.75, 3.05) is 13.1 Å². The first-order valence-electron chi connectivity index (χ1n) is 7.92. The minimum atomic E-state index is -0.615. The fraction of sp³-hybridized carbons (Fsp3) is 0.176. The van der Waals surface area contributed by atoms with Crippen molar-refractivity contribution in [2.45, 2.75) is 6.42 Å². The van der Waals surface area contributed by atoms with Gasteiger partial charge in [0.1, 0.15) is 11.4 Å². The van der Waals surface area contributed by atoms with Gasteiger partial charge in [0.05, 0.1) is 18.4 Å². The quantitative estimate of drug-likeness (QED) is 0.425. The topological polar surface area (TPSA) is 140 Å². The number of para-hydroxylation sites is 1. The van der Waals surface area contributed by atoms with Crippen molar-refractivity contribution in [2.24, 2.45) is 0 Å². The Balaban J connectivity index is 1.58. The zero-order valence-electron chi connectivity index (χ0n) is 13.7. The molecule has 0 saturated carbocycles. The lowest BCUT2D eigenvalue weighted by Crippen LogP contribution is -2.38. The Bertz CT molecular complexity index is 994. The molecule has 0 aliphatic rings. The minimum absolute atomic E-state index is 0.0331. The lowest BCUT2D eigenvalue weighted by atomic mass is 10.1. The van der Waals surface area contributed by atoms with Crippen LogP contribution in [0.5, 0.6) is 5.75 Å². The summed E-state index contributed by atoms with van der Waals surface area (Å²) in [7, 11) is 0. The van der Waals surface area contributed by atoms with Gasteiger partial charge in [0.15, 0.2) is 5.43 Å². The Morgan fingerprint density at radius 3 is 2.85 bits per heavy atom. The summed E-state index contributed by atoms with van der Waals surface area (Å²) in [5, 5.41) is 15.2.